The molecule has 0 radical (unpaired) electrons. The fraction of sp³-hybridized carbons (Fsp3) is 0.235. The van der Waals surface area contributed by atoms with Crippen LogP contribution in [-0.4, -0.2) is 42.7 Å². The second-order valence-corrected chi connectivity index (χ2v) is 10.2. The predicted octanol–water partition coefficient (Wildman–Crippen LogP) is 3.91. The van der Waals surface area contributed by atoms with Crippen LogP contribution in [0.25, 0.3) is 21.5 Å². The van der Waals surface area contributed by atoms with Crippen molar-refractivity contribution in [2.75, 3.05) is 29.6 Å². The number of nitrogens with one attached hydrogen (secondary N) is 1. The zero-order valence-corrected chi connectivity index (χ0v) is 18.1. The molecular weight excluding hydrogens is 443 g/mol. The highest BCUT2D eigenvalue weighted by molar-refractivity contribution is 7.90. The molecule has 0 aliphatic carbocycles. The Morgan fingerprint density at radius 1 is 1.25 bits per heavy atom. The lowest BCUT2D eigenvalue weighted by Crippen LogP contribution is -2.15. The van der Waals surface area contributed by atoms with E-state index in [1.807, 2.05) is 0 Å². The number of hydrogen-bond acceptors (Lipinski definition) is 8. The Hall–Kier alpha value is -1.94. The number of nitrogens with two attached hydrogens (primary N) is 1. The van der Waals surface area contributed by atoms with Gasteiger partial charge >= 0.3 is 0 Å². The lowest BCUT2D eigenvalue weighted by Gasteiger charge is -2.09. The van der Waals surface area contributed by atoms with Gasteiger partial charge in [-0.1, -0.05) is 29.3 Å². The molecule has 148 valence electrons. The van der Waals surface area contributed by atoms with E-state index >= 15 is 0 Å². The zero-order valence-electron chi connectivity index (χ0n) is 14.9. The number of halogens is 2. The number of sulfone groups is 1. The van der Waals surface area contributed by atoms with Gasteiger partial charge in [-0.15, -0.1) is 11.3 Å². The zero-order chi connectivity index (χ0) is 20.6. The van der Waals surface area contributed by atoms with E-state index in [1.165, 1.54) is 6.92 Å². The third-order valence-corrected chi connectivity index (χ3v) is 6.74. The van der Waals surface area contributed by atoms with Gasteiger partial charge < -0.3 is 11.1 Å². The quantitative estimate of drug-likeness (QED) is 0.537. The van der Waals surface area contributed by atoms with Crippen LogP contribution in [0.15, 0.2) is 18.2 Å². The number of anilines is 2. The van der Waals surface area contributed by atoms with Crippen molar-refractivity contribution in [3.8, 4) is 11.3 Å². The van der Waals surface area contributed by atoms with E-state index in [2.05, 4.69) is 15.3 Å². The molecule has 0 atom stereocenters. The highest BCUT2D eigenvalue weighted by Crippen LogP contribution is 2.40. The molecule has 2 heterocycles. The van der Waals surface area contributed by atoms with E-state index in [1.54, 1.807) is 18.2 Å². The average Bonchev–Trinajstić information content (AvgIpc) is 2.93. The molecule has 3 N–H and O–H groups in total. The SMILES string of the molecule is CC(=O)c1sc2nc(NCCS(C)(=O)=O)nc(-c3ccc(Cl)c(Cl)c3)c2c1N. The molecule has 0 aliphatic heterocycles. The number of nitrogens with zero attached hydrogens (tertiary/aromatic N) is 2. The Labute approximate surface area is 175 Å². The Bertz CT molecular complexity index is 1190. The lowest BCUT2D eigenvalue weighted by atomic mass is 10.1. The van der Waals surface area contributed by atoms with Crippen molar-refractivity contribution in [1.29, 1.82) is 0 Å². The molecule has 1 aromatic carbocycles. The minimum Gasteiger partial charge on any atom is -0.397 e. The largest absolute Gasteiger partial charge is 0.397 e. The van der Waals surface area contributed by atoms with Crippen molar-refractivity contribution in [2.24, 2.45) is 0 Å². The first-order valence-electron chi connectivity index (χ1n) is 8.05. The van der Waals surface area contributed by atoms with Gasteiger partial charge in [-0.25, -0.2) is 18.4 Å². The van der Waals surface area contributed by atoms with Crippen LogP contribution in [0.2, 0.25) is 10.0 Å². The normalized spacial score (nSPS) is 11.7. The number of thiophene rings is 1. The topological polar surface area (TPSA) is 115 Å². The minimum atomic E-state index is -3.14. The number of carbonyl (C=O) groups is 1. The van der Waals surface area contributed by atoms with Crippen molar-refractivity contribution < 1.29 is 13.2 Å². The monoisotopic (exact) mass is 458 g/mol. The molecule has 0 saturated carbocycles. The van der Waals surface area contributed by atoms with Gasteiger partial charge in [0, 0.05) is 25.3 Å². The summed E-state index contributed by atoms with van der Waals surface area (Å²) in [5, 5.41) is 4.19. The maximum Gasteiger partial charge on any atom is 0.224 e. The molecule has 3 rings (SSSR count). The summed E-state index contributed by atoms with van der Waals surface area (Å²) in [6.45, 7) is 1.57. The average molecular weight is 459 g/mol. The van der Waals surface area contributed by atoms with Crippen LogP contribution < -0.4 is 11.1 Å². The molecule has 0 unspecified atom stereocenters. The fourth-order valence-electron chi connectivity index (χ4n) is 2.56. The fourth-order valence-corrected chi connectivity index (χ4v) is 4.32. The molecule has 0 fully saturated rings. The summed E-state index contributed by atoms with van der Waals surface area (Å²) in [6.07, 6.45) is 1.15. The second-order valence-electron chi connectivity index (χ2n) is 6.16. The van der Waals surface area contributed by atoms with Crippen LogP contribution in [0.5, 0.6) is 0 Å². The first kappa shape index (κ1) is 20.8. The molecule has 0 aliphatic rings. The smallest absolute Gasteiger partial charge is 0.224 e. The summed E-state index contributed by atoms with van der Waals surface area (Å²) < 4.78 is 22.7. The summed E-state index contributed by atoms with van der Waals surface area (Å²) in [5.74, 6) is -0.0114. The molecule has 2 aromatic heterocycles. The number of rotatable bonds is 6. The van der Waals surface area contributed by atoms with E-state index in [0.29, 0.717) is 42.1 Å². The van der Waals surface area contributed by atoms with Gasteiger partial charge in [-0.2, -0.15) is 0 Å². The van der Waals surface area contributed by atoms with Crippen LogP contribution in [0.1, 0.15) is 16.6 Å². The number of hydrogen-bond donors (Lipinski definition) is 2. The van der Waals surface area contributed by atoms with Gasteiger partial charge in [0.25, 0.3) is 0 Å². The molecule has 28 heavy (non-hydrogen) atoms. The summed E-state index contributed by atoms with van der Waals surface area (Å²) in [5.41, 5.74) is 7.63. The van der Waals surface area contributed by atoms with Crippen LogP contribution >= 0.6 is 34.5 Å². The highest BCUT2D eigenvalue weighted by atomic mass is 35.5. The molecular formula is C17H16Cl2N4O3S2. The second kappa shape index (κ2) is 7.82. The van der Waals surface area contributed by atoms with E-state index < -0.39 is 9.84 Å². The van der Waals surface area contributed by atoms with Gasteiger partial charge in [0.15, 0.2) is 5.78 Å². The van der Waals surface area contributed by atoms with Crippen LogP contribution in [0.3, 0.4) is 0 Å². The summed E-state index contributed by atoms with van der Waals surface area (Å²) >= 11 is 13.3. The van der Waals surface area contributed by atoms with Gasteiger partial charge in [-0.05, 0) is 12.1 Å². The number of Topliss-reactive ketones (excluding diaryl/α,β-unsaturated/α-hetero) is 1. The number of nitrogen functional groups attached to an aromatic ring is 1. The Balaban J connectivity index is 2.17. The molecule has 7 nitrogen and oxygen atoms in total. The number of carbonyl (C=O) groups excluding carboxylic acids is 1. The van der Waals surface area contributed by atoms with Gasteiger partial charge in [0.05, 0.1) is 37.4 Å². The minimum absolute atomic E-state index is 0.0677. The summed E-state index contributed by atoms with van der Waals surface area (Å²) in [4.78, 5) is 21.7. The Morgan fingerprint density at radius 2 is 1.96 bits per heavy atom. The van der Waals surface area contributed by atoms with Crippen LogP contribution in [0.4, 0.5) is 11.6 Å². The van der Waals surface area contributed by atoms with E-state index in [4.69, 9.17) is 28.9 Å². The van der Waals surface area contributed by atoms with Crippen molar-refractivity contribution in [3.63, 3.8) is 0 Å². The van der Waals surface area contributed by atoms with Crippen molar-refractivity contribution in [2.45, 2.75) is 6.92 Å². The third kappa shape index (κ3) is 4.38. The molecule has 0 spiro atoms. The molecule has 0 saturated heterocycles. The van der Waals surface area contributed by atoms with Gasteiger partial charge in [0.2, 0.25) is 5.95 Å². The first-order valence-corrected chi connectivity index (χ1v) is 11.7. The van der Waals surface area contributed by atoms with Crippen LogP contribution in [-0.2, 0) is 9.84 Å². The van der Waals surface area contributed by atoms with Crippen molar-refractivity contribution in [3.05, 3.63) is 33.1 Å². The summed E-state index contributed by atoms with van der Waals surface area (Å²) in [6, 6.07) is 5.02. The number of aromatic nitrogens is 2. The number of fused-ring (bicyclic) bond motifs is 1. The summed E-state index contributed by atoms with van der Waals surface area (Å²) in [7, 11) is -3.14. The molecule has 11 heteroatoms. The Morgan fingerprint density at radius 3 is 2.57 bits per heavy atom. The maximum atomic E-state index is 11.9. The number of benzene rings is 1. The van der Waals surface area contributed by atoms with E-state index in [-0.39, 0.29) is 24.0 Å². The lowest BCUT2D eigenvalue weighted by molar-refractivity contribution is 0.102. The third-order valence-electron chi connectivity index (χ3n) is 3.86. The standard InChI is InChI=1S/C17H16Cl2N4O3S2/c1-8(24)15-13(20)12-14(9-3-4-10(18)11(19)7-9)22-17(23-16(12)27-15)21-5-6-28(2,25)26/h3-4,7H,5-6,20H2,1-2H3,(H,21,22,23). The van der Waals surface area contributed by atoms with Crippen molar-refractivity contribution >= 4 is 72.0 Å². The van der Waals surface area contributed by atoms with E-state index in [9.17, 15) is 13.2 Å². The highest BCUT2D eigenvalue weighted by Gasteiger charge is 2.21. The first-order chi connectivity index (χ1) is 13.1. The van der Waals surface area contributed by atoms with Gasteiger partial charge in [0.1, 0.15) is 14.7 Å². The molecule has 0 amide bonds. The van der Waals surface area contributed by atoms with Gasteiger partial charge in [-0.3, -0.25) is 4.79 Å². The Kier molecular flexibility index (Phi) is 5.81. The van der Waals surface area contributed by atoms with Crippen molar-refractivity contribution in [1.82, 2.24) is 9.97 Å². The number of ketones is 1. The molecule has 3 aromatic rings. The predicted molar refractivity (Wildman–Crippen MR) is 115 cm³/mol. The molecule has 0 bridgehead atoms. The maximum absolute atomic E-state index is 11.9. The van der Waals surface area contributed by atoms with Crippen LogP contribution in [0, 0.1) is 0 Å². The van der Waals surface area contributed by atoms with E-state index in [0.717, 1.165) is 17.6 Å².